The van der Waals surface area contributed by atoms with Crippen molar-refractivity contribution >= 4 is 22.6 Å². The minimum atomic E-state index is -0.497. The van der Waals surface area contributed by atoms with Crippen molar-refractivity contribution in [3.63, 3.8) is 0 Å². The molecule has 1 N–H and O–H groups in total. The van der Waals surface area contributed by atoms with Gasteiger partial charge in [0.05, 0.1) is 12.6 Å². The zero-order chi connectivity index (χ0) is 9.42. The number of rotatable bonds is 1. The maximum Gasteiger partial charge on any atom is 0.201 e. The van der Waals surface area contributed by atoms with E-state index in [0.29, 0.717) is 5.52 Å². The van der Waals surface area contributed by atoms with E-state index in [4.69, 9.17) is 16.3 Å². The van der Waals surface area contributed by atoms with E-state index < -0.39 is 5.82 Å². The third-order valence-electron chi connectivity index (χ3n) is 1.75. The molecular weight excluding hydrogens is 195 g/mol. The van der Waals surface area contributed by atoms with Gasteiger partial charge in [0.15, 0.2) is 11.6 Å². The normalized spacial score (nSPS) is 10.7. The number of aromatic nitrogens is 2. The summed E-state index contributed by atoms with van der Waals surface area (Å²) in [5.41, 5.74) is 0.757. The molecule has 0 fully saturated rings. The Hall–Kier alpha value is -1.29. The number of methoxy groups -OCH3 is 1. The number of fused-ring (bicyclic) bond motifs is 1. The molecular formula is C8H6ClFN2O. The molecule has 0 saturated carbocycles. The van der Waals surface area contributed by atoms with Crippen LogP contribution in [0.25, 0.3) is 11.0 Å². The van der Waals surface area contributed by atoms with Gasteiger partial charge in [0.25, 0.3) is 0 Å². The number of nitrogens with one attached hydrogen (secondary N) is 1. The first kappa shape index (κ1) is 8.31. The molecule has 1 aromatic carbocycles. The largest absolute Gasteiger partial charge is 0.494 e. The number of imidazole rings is 1. The summed E-state index contributed by atoms with van der Waals surface area (Å²) in [6.07, 6.45) is 0. The average molecular weight is 201 g/mol. The monoisotopic (exact) mass is 200 g/mol. The van der Waals surface area contributed by atoms with Crippen molar-refractivity contribution in [2.24, 2.45) is 0 Å². The van der Waals surface area contributed by atoms with Gasteiger partial charge in [0, 0.05) is 0 Å². The first-order valence-corrected chi connectivity index (χ1v) is 3.98. The van der Waals surface area contributed by atoms with Crippen LogP contribution in [0.2, 0.25) is 5.28 Å². The van der Waals surface area contributed by atoms with Crippen LogP contribution in [0, 0.1) is 5.82 Å². The van der Waals surface area contributed by atoms with Gasteiger partial charge in [-0.3, -0.25) is 0 Å². The minimum Gasteiger partial charge on any atom is -0.494 e. The van der Waals surface area contributed by atoms with Crippen molar-refractivity contribution in [2.75, 3.05) is 7.11 Å². The Bertz CT molecular complexity index is 455. The molecule has 0 radical (unpaired) electrons. The highest BCUT2D eigenvalue weighted by atomic mass is 35.5. The third kappa shape index (κ3) is 1.23. The van der Waals surface area contributed by atoms with Crippen LogP contribution in [0.15, 0.2) is 12.1 Å². The Balaban J connectivity index is 2.78. The summed E-state index contributed by atoms with van der Waals surface area (Å²) in [6, 6.07) is 3.18. The maximum absolute atomic E-state index is 13.4. The van der Waals surface area contributed by atoms with Crippen LogP contribution in [0.1, 0.15) is 0 Å². The Morgan fingerprint density at radius 2 is 2.31 bits per heavy atom. The highest BCUT2D eigenvalue weighted by Crippen LogP contribution is 2.25. The van der Waals surface area contributed by atoms with Gasteiger partial charge in [-0.1, -0.05) is 0 Å². The molecule has 0 aliphatic rings. The van der Waals surface area contributed by atoms with Gasteiger partial charge in [-0.05, 0) is 23.7 Å². The van der Waals surface area contributed by atoms with E-state index in [0.717, 1.165) is 0 Å². The van der Waals surface area contributed by atoms with Crippen molar-refractivity contribution in [1.82, 2.24) is 9.97 Å². The van der Waals surface area contributed by atoms with Crippen molar-refractivity contribution in [3.8, 4) is 5.75 Å². The van der Waals surface area contributed by atoms with E-state index in [9.17, 15) is 4.39 Å². The first-order chi connectivity index (χ1) is 6.22. The van der Waals surface area contributed by atoms with Gasteiger partial charge in [-0.15, -0.1) is 0 Å². The van der Waals surface area contributed by atoms with Crippen LogP contribution in [-0.4, -0.2) is 17.1 Å². The number of aromatic amines is 1. The van der Waals surface area contributed by atoms with Gasteiger partial charge in [0.1, 0.15) is 5.52 Å². The maximum atomic E-state index is 13.4. The van der Waals surface area contributed by atoms with Crippen molar-refractivity contribution in [1.29, 1.82) is 0 Å². The summed E-state index contributed by atoms with van der Waals surface area (Å²) in [7, 11) is 1.40. The van der Waals surface area contributed by atoms with Crippen molar-refractivity contribution < 1.29 is 9.13 Å². The molecule has 0 saturated heterocycles. The third-order valence-corrected chi connectivity index (χ3v) is 1.93. The standard InChI is InChI=1S/C8H6ClFN2O/c1-13-5-3-2-4-7(6(5)10)12-8(9)11-4/h2-3H,1H3,(H,11,12). The summed E-state index contributed by atoms with van der Waals surface area (Å²) in [5.74, 6) is -0.334. The van der Waals surface area contributed by atoms with E-state index in [1.54, 1.807) is 6.07 Å². The SMILES string of the molecule is COc1ccc2[nH]c(Cl)nc2c1F. The van der Waals surface area contributed by atoms with E-state index in [-0.39, 0.29) is 16.5 Å². The van der Waals surface area contributed by atoms with Crippen LogP contribution in [0.5, 0.6) is 5.75 Å². The van der Waals surface area contributed by atoms with E-state index in [1.807, 2.05) is 0 Å². The fraction of sp³-hybridized carbons (Fsp3) is 0.125. The van der Waals surface area contributed by atoms with Crippen LogP contribution >= 0.6 is 11.6 Å². The second kappa shape index (κ2) is 2.88. The topological polar surface area (TPSA) is 37.9 Å². The van der Waals surface area contributed by atoms with Crippen LogP contribution in [0.4, 0.5) is 4.39 Å². The lowest BCUT2D eigenvalue weighted by atomic mass is 10.3. The Kier molecular flexibility index (Phi) is 1.84. The molecule has 5 heteroatoms. The molecule has 3 nitrogen and oxygen atoms in total. The number of ether oxygens (including phenoxy) is 1. The van der Waals surface area contributed by atoms with E-state index in [2.05, 4.69) is 9.97 Å². The molecule has 0 aliphatic carbocycles. The zero-order valence-corrected chi connectivity index (χ0v) is 7.52. The van der Waals surface area contributed by atoms with E-state index in [1.165, 1.54) is 13.2 Å². The first-order valence-electron chi connectivity index (χ1n) is 3.60. The smallest absolute Gasteiger partial charge is 0.201 e. The van der Waals surface area contributed by atoms with Crippen molar-refractivity contribution in [3.05, 3.63) is 23.2 Å². The molecule has 13 heavy (non-hydrogen) atoms. The fourth-order valence-electron chi connectivity index (χ4n) is 1.15. The lowest BCUT2D eigenvalue weighted by Crippen LogP contribution is -1.88. The highest BCUT2D eigenvalue weighted by Gasteiger charge is 2.10. The highest BCUT2D eigenvalue weighted by molar-refractivity contribution is 6.29. The molecule has 1 heterocycles. The molecule has 2 rings (SSSR count). The molecule has 1 aromatic heterocycles. The Morgan fingerprint density at radius 3 is 3.00 bits per heavy atom. The minimum absolute atomic E-state index is 0.163. The molecule has 2 aromatic rings. The predicted molar refractivity (Wildman–Crippen MR) is 47.6 cm³/mol. The molecule has 0 amide bonds. The summed E-state index contributed by atoms with van der Waals surface area (Å²) in [4.78, 5) is 6.49. The summed E-state index contributed by atoms with van der Waals surface area (Å²) in [5, 5.41) is 0.169. The molecule has 0 unspecified atom stereocenters. The summed E-state index contributed by atoms with van der Waals surface area (Å²) >= 11 is 5.58. The fourth-order valence-corrected chi connectivity index (χ4v) is 1.34. The molecule has 0 spiro atoms. The second-order valence-corrected chi connectivity index (χ2v) is 2.86. The molecule has 0 atom stereocenters. The lowest BCUT2D eigenvalue weighted by Gasteiger charge is -1.99. The molecule has 68 valence electrons. The Morgan fingerprint density at radius 1 is 1.54 bits per heavy atom. The number of benzene rings is 1. The summed E-state index contributed by atoms with van der Waals surface area (Å²) in [6.45, 7) is 0. The van der Waals surface area contributed by atoms with Gasteiger partial charge >= 0.3 is 0 Å². The van der Waals surface area contributed by atoms with E-state index >= 15 is 0 Å². The summed E-state index contributed by atoms with van der Waals surface area (Å²) < 4.78 is 18.2. The van der Waals surface area contributed by atoms with Gasteiger partial charge in [-0.25, -0.2) is 9.37 Å². The van der Waals surface area contributed by atoms with Crippen LogP contribution < -0.4 is 4.74 Å². The predicted octanol–water partition coefficient (Wildman–Crippen LogP) is 2.36. The zero-order valence-electron chi connectivity index (χ0n) is 6.77. The Labute approximate surface area is 78.5 Å². The van der Waals surface area contributed by atoms with Crippen LogP contribution in [0.3, 0.4) is 0 Å². The quantitative estimate of drug-likeness (QED) is 0.768. The number of halogens is 2. The lowest BCUT2D eigenvalue weighted by molar-refractivity contribution is 0.388. The van der Waals surface area contributed by atoms with Gasteiger partial charge in [0.2, 0.25) is 5.28 Å². The van der Waals surface area contributed by atoms with Gasteiger partial charge < -0.3 is 9.72 Å². The average Bonchev–Trinajstić information content (AvgIpc) is 2.47. The number of H-pyrrole nitrogens is 1. The number of nitrogens with zero attached hydrogens (tertiary/aromatic N) is 1. The molecule has 0 aliphatic heterocycles. The number of hydrogen-bond donors (Lipinski definition) is 1. The van der Waals surface area contributed by atoms with Gasteiger partial charge in [-0.2, -0.15) is 0 Å². The number of hydrogen-bond acceptors (Lipinski definition) is 2. The van der Waals surface area contributed by atoms with Crippen molar-refractivity contribution in [2.45, 2.75) is 0 Å². The van der Waals surface area contributed by atoms with Crippen LogP contribution in [-0.2, 0) is 0 Å². The molecule has 0 bridgehead atoms. The second-order valence-electron chi connectivity index (χ2n) is 2.51.